The largest absolute Gasteiger partial charge is 0.493 e. The van der Waals surface area contributed by atoms with E-state index in [2.05, 4.69) is 0 Å². The molecule has 0 N–H and O–H groups in total. The van der Waals surface area contributed by atoms with Gasteiger partial charge in [0.25, 0.3) is 0 Å². The lowest BCUT2D eigenvalue weighted by Crippen LogP contribution is -2.09. The molecule has 2 rings (SSSR count). The highest BCUT2D eigenvalue weighted by molar-refractivity contribution is 5.91. The van der Waals surface area contributed by atoms with E-state index in [1.165, 1.54) is 13.2 Å². The number of nitrogens with zero attached hydrogens (tertiary/aromatic N) is 1. The lowest BCUT2D eigenvalue weighted by molar-refractivity contribution is 0.0729. The summed E-state index contributed by atoms with van der Waals surface area (Å²) in [5.74, 6) is 0.176. The van der Waals surface area contributed by atoms with Gasteiger partial charge in [-0.3, -0.25) is 0 Å². The molecule has 0 atom stereocenters. The van der Waals surface area contributed by atoms with Gasteiger partial charge in [-0.2, -0.15) is 5.26 Å². The summed E-state index contributed by atoms with van der Waals surface area (Å²) in [5.41, 5.74) is 1.97. The Bertz CT molecular complexity index is 669. The minimum Gasteiger partial charge on any atom is -0.493 e. The third kappa shape index (κ3) is 2.96. The van der Waals surface area contributed by atoms with Gasteiger partial charge in [-0.25, -0.2) is 4.79 Å². The molecular formula is C16H13NO3. The van der Waals surface area contributed by atoms with Crippen molar-refractivity contribution in [2.75, 3.05) is 7.11 Å². The van der Waals surface area contributed by atoms with E-state index >= 15 is 0 Å². The molecule has 4 heteroatoms. The number of aryl methyl sites for hydroxylation is 1. The van der Waals surface area contributed by atoms with Crippen LogP contribution in [0.15, 0.2) is 42.5 Å². The van der Waals surface area contributed by atoms with Gasteiger partial charge in [-0.1, -0.05) is 17.7 Å². The molecule has 2 aromatic rings. The van der Waals surface area contributed by atoms with Gasteiger partial charge in [0.05, 0.1) is 24.3 Å². The number of ether oxygens (including phenoxy) is 2. The predicted octanol–water partition coefficient (Wildman–Crippen LogP) is 3.09. The maximum absolute atomic E-state index is 12.0. The zero-order valence-corrected chi connectivity index (χ0v) is 11.2. The summed E-state index contributed by atoms with van der Waals surface area (Å²) in [7, 11) is 1.46. The number of esters is 1. The van der Waals surface area contributed by atoms with Crippen molar-refractivity contribution in [3.63, 3.8) is 0 Å². The first kappa shape index (κ1) is 13.6. The average Bonchev–Trinajstić information content (AvgIpc) is 2.48. The fourth-order valence-corrected chi connectivity index (χ4v) is 1.67. The second-order valence-electron chi connectivity index (χ2n) is 4.23. The van der Waals surface area contributed by atoms with Gasteiger partial charge in [-0.05, 0) is 31.2 Å². The van der Waals surface area contributed by atoms with Crippen molar-refractivity contribution in [2.45, 2.75) is 6.92 Å². The van der Waals surface area contributed by atoms with Crippen molar-refractivity contribution < 1.29 is 14.3 Å². The first-order valence-electron chi connectivity index (χ1n) is 6.01. The molecule has 0 aliphatic carbocycles. The van der Waals surface area contributed by atoms with E-state index in [9.17, 15) is 4.79 Å². The van der Waals surface area contributed by atoms with Gasteiger partial charge in [0.15, 0.2) is 11.5 Å². The van der Waals surface area contributed by atoms with Crippen LogP contribution in [-0.4, -0.2) is 13.1 Å². The third-order valence-electron chi connectivity index (χ3n) is 2.78. The SMILES string of the molecule is COc1cc(C#N)ccc1OC(=O)c1ccc(C)cc1. The molecule has 2 aromatic carbocycles. The van der Waals surface area contributed by atoms with Gasteiger partial charge in [0.1, 0.15) is 0 Å². The number of hydrogen-bond acceptors (Lipinski definition) is 4. The van der Waals surface area contributed by atoms with Gasteiger partial charge < -0.3 is 9.47 Å². The Morgan fingerprint density at radius 3 is 2.40 bits per heavy atom. The highest BCUT2D eigenvalue weighted by Gasteiger charge is 2.12. The predicted molar refractivity (Wildman–Crippen MR) is 73.8 cm³/mol. The van der Waals surface area contributed by atoms with Crippen molar-refractivity contribution in [2.24, 2.45) is 0 Å². The minimum absolute atomic E-state index is 0.289. The Kier molecular flexibility index (Phi) is 4.02. The van der Waals surface area contributed by atoms with Crippen LogP contribution >= 0.6 is 0 Å². The number of nitriles is 1. The minimum atomic E-state index is -0.465. The first-order valence-corrected chi connectivity index (χ1v) is 6.01. The second kappa shape index (κ2) is 5.89. The number of benzene rings is 2. The molecule has 0 radical (unpaired) electrons. The fraction of sp³-hybridized carbons (Fsp3) is 0.125. The van der Waals surface area contributed by atoms with Crippen LogP contribution in [0, 0.1) is 18.3 Å². The normalized spacial score (nSPS) is 9.65. The second-order valence-corrected chi connectivity index (χ2v) is 4.23. The molecule has 0 aromatic heterocycles. The molecule has 0 saturated carbocycles. The van der Waals surface area contributed by atoms with Gasteiger partial charge >= 0.3 is 5.97 Å². The quantitative estimate of drug-likeness (QED) is 0.633. The summed E-state index contributed by atoms with van der Waals surface area (Å²) < 4.78 is 10.4. The summed E-state index contributed by atoms with van der Waals surface area (Å²) >= 11 is 0. The number of methoxy groups -OCH3 is 1. The fourth-order valence-electron chi connectivity index (χ4n) is 1.67. The van der Waals surface area contributed by atoms with Gasteiger partial charge in [0.2, 0.25) is 0 Å². The van der Waals surface area contributed by atoms with E-state index in [1.807, 2.05) is 25.1 Å². The van der Waals surface area contributed by atoms with Gasteiger partial charge in [-0.15, -0.1) is 0 Å². The van der Waals surface area contributed by atoms with Crippen LogP contribution in [0.5, 0.6) is 11.5 Å². The molecule has 0 saturated heterocycles. The van der Waals surface area contributed by atoms with Crippen molar-refractivity contribution in [3.05, 3.63) is 59.2 Å². The Morgan fingerprint density at radius 1 is 1.10 bits per heavy atom. The van der Waals surface area contributed by atoms with Crippen molar-refractivity contribution in [3.8, 4) is 17.6 Å². The summed E-state index contributed by atoms with van der Waals surface area (Å²) in [6.45, 7) is 1.94. The topological polar surface area (TPSA) is 59.3 Å². The summed E-state index contributed by atoms with van der Waals surface area (Å²) in [5, 5.41) is 8.82. The highest BCUT2D eigenvalue weighted by Crippen LogP contribution is 2.28. The van der Waals surface area contributed by atoms with E-state index in [1.54, 1.807) is 24.3 Å². The Morgan fingerprint density at radius 2 is 1.80 bits per heavy atom. The molecule has 0 aliphatic rings. The highest BCUT2D eigenvalue weighted by atomic mass is 16.6. The number of hydrogen-bond donors (Lipinski definition) is 0. The van der Waals surface area contributed by atoms with E-state index in [-0.39, 0.29) is 5.75 Å². The summed E-state index contributed by atoms with van der Waals surface area (Å²) in [6.07, 6.45) is 0. The van der Waals surface area contributed by atoms with Crippen LogP contribution in [0.25, 0.3) is 0 Å². The Labute approximate surface area is 117 Å². The molecule has 0 fully saturated rings. The molecular weight excluding hydrogens is 254 g/mol. The molecule has 4 nitrogen and oxygen atoms in total. The first-order chi connectivity index (χ1) is 9.63. The van der Waals surface area contributed by atoms with Gasteiger partial charge in [0, 0.05) is 6.07 Å². The monoisotopic (exact) mass is 267 g/mol. The van der Waals surface area contributed by atoms with Crippen molar-refractivity contribution in [1.29, 1.82) is 5.26 Å². The van der Waals surface area contributed by atoms with Crippen molar-refractivity contribution >= 4 is 5.97 Å². The zero-order chi connectivity index (χ0) is 14.5. The van der Waals surface area contributed by atoms with Crippen LogP contribution in [-0.2, 0) is 0 Å². The van der Waals surface area contributed by atoms with E-state index < -0.39 is 5.97 Å². The standard InChI is InChI=1S/C16H13NO3/c1-11-3-6-13(7-4-11)16(18)20-14-8-5-12(10-17)9-15(14)19-2/h3-9H,1-2H3. The van der Waals surface area contributed by atoms with E-state index in [0.29, 0.717) is 16.9 Å². The molecule has 0 aliphatic heterocycles. The molecule has 0 bridgehead atoms. The summed E-state index contributed by atoms with van der Waals surface area (Å²) in [4.78, 5) is 12.0. The van der Waals surface area contributed by atoms with Crippen LogP contribution in [0.3, 0.4) is 0 Å². The molecule has 0 heterocycles. The zero-order valence-electron chi connectivity index (χ0n) is 11.2. The lowest BCUT2D eigenvalue weighted by atomic mass is 10.1. The number of carbonyl (C=O) groups excluding carboxylic acids is 1. The Hall–Kier alpha value is -2.80. The number of rotatable bonds is 3. The van der Waals surface area contributed by atoms with Crippen LogP contribution in [0.1, 0.15) is 21.5 Å². The molecule has 20 heavy (non-hydrogen) atoms. The van der Waals surface area contributed by atoms with Crippen LogP contribution < -0.4 is 9.47 Å². The molecule has 0 amide bonds. The molecule has 0 spiro atoms. The van der Waals surface area contributed by atoms with Crippen molar-refractivity contribution in [1.82, 2.24) is 0 Å². The Balaban J connectivity index is 2.23. The maximum Gasteiger partial charge on any atom is 0.343 e. The summed E-state index contributed by atoms with van der Waals surface area (Å²) in [6, 6.07) is 13.7. The third-order valence-corrected chi connectivity index (χ3v) is 2.78. The van der Waals surface area contributed by atoms with Crippen LogP contribution in [0.4, 0.5) is 0 Å². The molecule has 100 valence electrons. The molecule has 0 unspecified atom stereocenters. The smallest absolute Gasteiger partial charge is 0.343 e. The lowest BCUT2D eigenvalue weighted by Gasteiger charge is -2.09. The number of carbonyl (C=O) groups is 1. The van der Waals surface area contributed by atoms with E-state index in [4.69, 9.17) is 14.7 Å². The maximum atomic E-state index is 12.0. The average molecular weight is 267 g/mol. The van der Waals surface area contributed by atoms with Crippen LogP contribution in [0.2, 0.25) is 0 Å². The van der Waals surface area contributed by atoms with E-state index in [0.717, 1.165) is 5.56 Å².